The number of nitro benzene ring substituents is 4. The van der Waals surface area contributed by atoms with Crippen LogP contribution in [0.3, 0.4) is 0 Å². The van der Waals surface area contributed by atoms with E-state index in [1.807, 2.05) is 0 Å². The Hall–Kier alpha value is -3.58. The third kappa shape index (κ3) is 1.96. The van der Waals surface area contributed by atoms with Crippen molar-refractivity contribution >= 4 is 22.7 Å². The summed E-state index contributed by atoms with van der Waals surface area (Å²) in [5, 5.41) is 60.9. The van der Waals surface area contributed by atoms with Crippen molar-refractivity contribution in [3.8, 4) is 11.5 Å². The first kappa shape index (κ1) is 14.5. The number of benzene rings is 1. The summed E-state index contributed by atoms with van der Waals surface area (Å²) in [5.74, 6) is -3.61. The molecule has 0 heterocycles. The third-order valence-electron chi connectivity index (χ3n) is 2.08. The van der Waals surface area contributed by atoms with Crippen LogP contribution in [0.5, 0.6) is 11.5 Å². The van der Waals surface area contributed by atoms with Crippen molar-refractivity contribution in [3.05, 3.63) is 40.5 Å². The molecule has 0 bridgehead atoms. The standard InChI is InChI=1S/C6H2N4O10/c11-5-3(9(17)18)1(7(13)14)2(8(15)16)4(6(5)12)10(19)20/h11-12H. The Kier molecular flexibility index (Phi) is 3.33. The highest BCUT2D eigenvalue weighted by Gasteiger charge is 2.50. The van der Waals surface area contributed by atoms with Gasteiger partial charge >= 0.3 is 22.7 Å². The maximum atomic E-state index is 10.7. The van der Waals surface area contributed by atoms with E-state index in [9.17, 15) is 50.7 Å². The molecule has 1 aromatic carbocycles. The van der Waals surface area contributed by atoms with E-state index in [0.717, 1.165) is 0 Å². The van der Waals surface area contributed by atoms with Gasteiger partial charge in [-0.25, -0.2) is 0 Å². The van der Waals surface area contributed by atoms with Gasteiger partial charge in [0.05, 0.1) is 19.7 Å². The van der Waals surface area contributed by atoms with Crippen LogP contribution >= 0.6 is 0 Å². The third-order valence-corrected chi connectivity index (χ3v) is 2.08. The topological polar surface area (TPSA) is 213 Å². The summed E-state index contributed by atoms with van der Waals surface area (Å²) in [7, 11) is 0. The minimum absolute atomic E-state index is 1.58. The minimum Gasteiger partial charge on any atom is -0.499 e. The summed E-state index contributed by atoms with van der Waals surface area (Å²) in [6.45, 7) is 0. The largest absolute Gasteiger partial charge is 0.499 e. The molecule has 0 saturated heterocycles. The molecule has 0 radical (unpaired) electrons. The van der Waals surface area contributed by atoms with E-state index < -0.39 is 53.9 Å². The summed E-state index contributed by atoms with van der Waals surface area (Å²) in [5.41, 5.74) is -7.43. The van der Waals surface area contributed by atoms with Gasteiger partial charge in [0, 0.05) is 0 Å². The number of nitro groups is 4. The van der Waals surface area contributed by atoms with Crippen molar-refractivity contribution in [2.75, 3.05) is 0 Å². The van der Waals surface area contributed by atoms with Gasteiger partial charge in [-0.1, -0.05) is 0 Å². The van der Waals surface area contributed by atoms with E-state index >= 15 is 0 Å². The molecule has 14 heteroatoms. The Balaban J connectivity index is 4.14. The maximum Gasteiger partial charge on any atom is 0.434 e. The van der Waals surface area contributed by atoms with Crippen molar-refractivity contribution < 1.29 is 29.9 Å². The predicted molar refractivity (Wildman–Crippen MR) is 56.4 cm³/mol. The number of hydrogen-bond donors (Lipinski definition) is 2. The summed E-state index contributed by atoms with van der Waals surface area (Å²) >= 11 is 0. The number of phenols is 2. The minimum atomic E-state index is -1.90. The Morgan fingerprint density at radius 3 is 0.900 bits per heavy atom. The van der Waals surface area contributed by atoms with Crippen molar-refractivity contribution in [1.82, 2.24) is 0 Å². The van der Waals surface area contributed by atoms with Crippen LogP contribution < -0.4 is 0 Å². The molecule has 0 aliphatic heterocycles. The van der Waals surface area contributed by atoms with Crippen LogP contribution in [0.1, 0.15) is 0 Å². The quantitative estimate of drug-likeness (QED) is 0.450. The first-order valence-electron chi connectivity index (χ1n) is 4.30. The summed E-state index contributed by atoms with van der Waals surface area (Å²) in [4.78, 5) is 36.1. The molecule has 0 saturated carbocycles. The van der Waals surface area contributed by atoms with E-state index in [1.165, 1.54) is 0 Å². The van der Waals surface area contributed by atoms with E-state index in [2.05, 4.69) is 0 Å². The maximum absolute atomic E-state index is 10.7. The Morgan fingerprint density at radius 1 is 0.550 bits per heavy atom. The van der Waals surface area contributed by atoms with Crippen LogP contribution in [0.15, 0.2) is 0 Å². The predicted octanol–water partition coefficient (Wildman–Crippen LogP) is 0.731. The van der Waals surface area contributed by atoms with Gasteiger partial charge in [0.15, 0.2) is 0 Å². The van der Waals surface area contributed by atoms with E-state index in [4.69, 9.17) is 0 Å². The Morgan fingerprint density at radius 2 is 0.750 bits per heavy atom. The molecule has 0 aliphatic carbocycles. The number of hydrogen-bond acceptors (Lipinski definition) is 10. The second-order valence-electron chi connectivity index (χ2n) is 3.12. The second kappa shape index (κ2) is 4.59. The zero-order chi connectivity index (χ0) is 15.8. The smallest absolute Gasteiger partial charge is 0.434 e. The van der Waals surface area contributed by atoms with Gasteiger partial charge < -0.3 is 10.2 Å². The Labute approximate surface area is 106 Å². The lowest BCUT2D eigenvalue weighted by Gasteiger charge is -2.02. The molecule has 0 aliphatic rings. The fourth-order valence-corrected chi connectivity index (χ4v) is 1.36. The number of nitrogens with zero attached hydrogens (tertiary/aromatic N) is 4. The number of rotatable bonds is 4. The van der Waals surface area contributed by atoms with E-state index in [1.54, 1.807) is 0 Å². The first-order chi connectivity index (χ1) is 9.11. The van der Waals surface area contributed by atoms with Crippen molar-refractivity contribution in [3.63, 3.8) is 0 Å². The lowest BCUT2D eigenvalue weighted by molar-refractivity contribution is -0.452. The molecule has 0 aromatic heterocycles. The molecule has 0 atom stereocenters. The van der Waals surface area contributed by atoms with Crippen LogP contribution in [-0.2, 0) is 0 Å². The van der Waals surface area contributed by atoms with Crippen LogP contribution in [0.4, 0.5) is 22.7 Å². The molecular weight excluding hydrogens is 288 g/mol. The van der Waals surface area contributed by atoms with Crippen LogP contribution in [0.25, 0.3) is 0 Å². The lowest BCUT2D eigenvalue weighted by Crippen LogP contribution is -2.05. The molecule has 2 N–H and O–H groups in total. The average molecular weight is 290 g/mol. The molecule has 0 spiro atoms. The molecule has 1 rings (SSSR count). The van der Waals surface area contributed by atoms with Crippen LogP contribution in [-0.4, -0.2) is 29.9 Å². The molecule has 0 unspecified atom stereocenters. The highest BCUT2D eigenvalue weighted by atomic mass is 16.7. The van der Waals surface area contributed by atoms with Gasteiger partial charge in [-0.05, 0) is 0 Å². The zero-order valence-electron chi connectivity index (χ0n) is 8.95. The molecular formula is C6H2N4O10. The molecule has 0 fully saturated rings. The zero-order valence-corrected chi connectivity index (χ0v) is 8.95. The van der Waals surface area contributed by atoms with Gasteiger partial charge in [0.25, 0.3) is 11.5 Å². The van der Waals surface area contributed by atoms with Gasteiger partial charge in [0.1, 0.15) is 0 Å². The first-order valence-corrected chi connectivity index (χ1v) is 4.30. The molecule has 0 amide bonds. The average Bonchev–Trinajstić information content (AvgIpc) is 2.29. The summed E-state index contributed by atoms with van der Waals surface area (Å²) in [6, 6.07) is 0. The van der Waals surface area contributed by atoms with Gasteiger partial charge in [0.2, 0.25) is 0 Å². The lowest BCUT2D eigenvalue weighted by atomic mass is 10.1. The van der Waals surface area contributed by atoms with Crippen molar-refractivity contribution in [1.29, 1.82) is 0 Å². The molecule has 14 nitrogen and oxygen atoms in total. The van der Waals surface area contributed by atoms with Gasteiger partial charge in [-0.2, -0.15) is 0 Å². The van der Waals surface area contributed by atoms with Crippen molar-refractivity contribution in [2.45, 2.75) is 0 Å². The molecule has 1 aromatic rings. The molecule has 20 heavy (non-hydrogen) atoms. The normalized spacial score (nSPS) is 10.0. The monoisotopic (exact) mass is 290 g/mol. The van der Waals surface area contributed by atoms with Crippen molar-refractivity contribution in [2.24, 2.45) is 0 Å². The summed E-state index contributed by atoms with van der Waals surface area (Å²) < 4.78 is 0. The van der Waals surface area contributed by atoms with E-state index in [0.29, 0.717) is 0 Å². The fourth-order valence-electron chi connectivity index (χ4n) is 1.36. The second-order valence-corrected chi connectivity index (χ2v) is 3.12. The Bertz CT molecular complexity index is 609. The number of phenolic OH excluding ortho intramolecular Hbond substituents is 2. The van der Waals surface area contributed by atoms with Crippen LogP contribution in [0.2, 0.25) is 0 Å². The highest BCUT2D eigenvalue weighted by molar-refractivity contribution is 5.85. The van der Waals surface area contributed by atoms with Crippen LogP contribution in [0, 0.1) is 40.5 Å². The van der Waals surface area contributed by atoms with E-state index in [-0.39, 0.29) is 0 Å². The van der Waals surface area contributed by atoms with Gasteiger partial charge in [-0.15, -0.1) is 0 Å². The SMILES string of the molecule is O=[N+]([O-])c1c(O)c(O)c([N+](=O)[O-])c([N+](=O)[O-])c1[N+](=O)[O-]. The number of aromatic hydroxyl groups is 2. The fraction of sp³-hybridized carbons (Fsp3) is 0. The van der Waals surface area contributed by atoms with Gasteiger partial charge in [-0.3, -0.25) is 40.5 Å². The molecule has 106 valence electrons. The summed E-state index contributed by atoms with van der Waals surface area (Å²) in [6.07, 6.45) is 0. The highest BCUT2D eigenvalue weighted by Crippen LogP contribution is 2.54.